The number of hydrogen-bond acceptors (Lipinski definition) is 6. The third-order valence-electron chi connectivity index (χ3n) is 8.83. The lowest BCUT2D eigenvalue weighted by molar-refractivity contribution is -0.126. The highest BCUT2D eigenvalue weighted by atomic mass is 16.5. The first kappa shape index (κ1) is 29.0. The molecule has 1 aliphatic heterocycles. The molecule has 220 valence electrons. The van der Waals surface area contributed by atoms with Crippen molar-refractivity contribution in [2.45, 2.75) is 89.6 Å². The third-order valence-corrected chi connectivity index (χ3v) is 8.83. The smallest absolute Gasteiger partial charge is 0.242 e. The van der Waals surface area contributed by atoms with Crippen LogP contribution < -0.4 is 21.1 Å². The summed E-state index contributed by atoms with van der Waals surface area (Å²) in [5, 5.41) is 6.32. The van der Waals surface area contributed by atoms with E-state index in [2.05, 4.69) is 15.6 Å². The van der Waals surface area contributed by atoms with Gasteiger partial charge in [-0.05, 0) is 74.3 Å². The van der Waals surface area contributed by atoms with Crippen LogP contribution in [0.25, 0.3) is 0 Å². The van der Waals surface area contributed by atoms with Crippen molar-refractivity contribution >= 4 is 23.5 Å². The number of nitrogens with one attached hydrogen (secondary N) is 2. The van der Waals surface area contributed by atoms with Crippen LogP contribution in [0.3, 0.4) is 0 Å². The molecule has 2 aromatic carbocycles. The molecule has 0 bridgehead atoms. The van der Waals surface area contributed by atoms with Crippen LogP contribution in [-0.4, -0.2) is 41.8 Å². The van der Waals surface area contributed by atoms with Gasteiger partial charge in [-0.2, -0.15) is 0 Å². The van der Waals surface area contributed by atoms with Gasteiger partial charge >= 0.3 is 0 Å². The standard InChI is InChI=1S/C33H45N5O3/c34-33-37-29-17-16-28(41-27-14-8-3-9-15-27)20-26(29)23-38(33)30(32(40)36-22-25-12-6-2-7-13-25)18-19-31(39)35-21-24-10-4-1-5-11-24/h3,8-9,14-17,20,24-25,30H,1-2,4-7,10-13,18-19,21-23H2,(H2,34,37)(H,35,39)(H,36,40). The molecule has 0 radical (unpaired) electrons. The fraction of sp³-hybridized carbons (Fsp3) is 0.545. The van der Waals surface area contributed by atoms with Crippen LogP contribution in [0.5, 0.6) is 11.5 Å². The van der Waals surface area contributed by atoms with Gasteiger partial charge < -0.3 is 26.0 Å². The SMILES string of the molecule is NC1=Nc2ccc(Oc3ccccc3)cc2CN1C(CCC(=O)NCC1CCCCC1)C(=O)NCC1CCCCC1. The molecule has 2 fully saturated rings. The summed E-state index contributed by atoms with van der Waals surface area (Å²) >= 11 is 0. The Morgan fingerprint density at radius 2 is 1.54 bits per heavy atom. The van der Waals surface area contributed by atoms with Crippen LogP contribution in [0, 0.1) is 11.8 Å². The molecule has 2 aliphatic carbocycles. The predicted octanol–water partition coefficient (Wildman–Crippen LogP) is 5.78. The van der Waals surface area contributed by atoms with Gasteiger partial charge in [0, 0.05) is 31.6 Å². The fourth-order valence-corrected chi connectivity index (χ4v) is 6.40. The van der Waals surface area contributed by atoms with Crippen molar-refractivity contribution in [3.05, 3.63) is 54.1 Å². The molecule has 1 heterocycles. The molecule has 5 rings (SSSR count). The van der Waals surface area contributed by atoms with Crippen molar-refractivity contribution in [2.75, 3.05) is 13.1 Å². The molecule has 41 heavy (non-hydrogen) atoms. The van der Waals surface area contributed by atoms with E-state index in [0.29, 0.717) is 43.1 Å². The van der Waals surface area contributed by atoms with Gasteiger partial charge in [-0.15, -0.1) is 0 Å². The van der Waals surface area contributed by atoms with E-state index in [4.69, 9.17) is 10.5 Å². The molecular weight excluding hydrogens is 514 g/mol. The third kappa shape index (κ3) is 8.24. The van der Waals surface area contributed by atoms with Crippen molar-refractivity contribution in [3.8, 4) is 11.5 Å². The Balaban J connectivity index is 1.26. The normalized spacial score (nSPS) is 18.6. The summed E-state index contributed by atoms with van der Waals surface area (Å²) in [6.45, 7) is 1.81. The summed E-state index contributed by atoms with van der Waals surface area (Å²) in [5.41, 5.74) is 8.16. The Labute approximate surface area is 244 Å². The van der Waals surface area contributed by atoms with E-state index < -0.39 is 6.04 Å². The molecular formula is C33H45N5O3. The maximum atomic E-state index is 13.6. The average Bonchev–Trinajstić information content (AvgIpc) is 3.01. The van der Waals surface area contributed by atoms with Crippen LogP contribution in [0.2, 0.25) is 0 Å². The van der Waals surface area contributed by atoms with Crippen LogP contribution >= 0.6 is 0 Å². The second-order valence-electron chi connectivity index (χ2n) is 11.9. The van der Waals surface area contributed by atoms with E-state index in [-0.39, 0.29) is 18.2 Å². The average molecular weight is 560 g/mol. The Morgan fingerprint density at radius 3 is 2.22 bits per heavy atom. The molecule has 8 heteroatoms. The molecule has 1 atom stereocenters. The first-order valence-electron chi connectivity index (χ1n) is 15.6. The van der Waals surface area contributed by atoms with Crippen molar-refractivity contribution in [1.29, 1.82) is 0 Å². The van der Waals surface area contributed by atoms with Gasteiger partial charge in [-0.25, -0.2) is 4.99 Å². The van der Waals surface area contributed by atoms with E-state index in [1.165, 1.54) is 51.4 Å². The minimum absolute atomic E-state index is 0.00730. The molecule has 1 unspecified atom stereocenters. The number of nitrogens with zero attached hydrogens (tertiary/aromatic N) is 2. The zero-order valence-corrected chi connectivity index (χ0v) is 24.2. The van der Waals surface area contributed by atoms with Crippen molar-refractivity contribution in [2.24, 2.45) is 22.6 Å². The van der Waals surface area contributed by atoms with Crippen molar-refractivity contribution in [1.82, 2.24) is 15.5 Å². The Morgan fingerprint density at radius 1 is 0.878 bits per heavy atom. The second kappa shape index (κ2) is 14.4. The van der Waals surface area contributed by atoms with E-state index in [1.807, 2.05) is 53.4 Å². The van der Waals surface area contributed by atoms with Crippen LogP contribution in [0.1, 0.15) is 82.6 Å². The van der Waals surface area contributed by atoms with E-state index in [1.54, 1.807) is 0 Å². The lowest BCUT2D eigenvalue weighted by Gasteiger charge is -2.35. The molecule has 0 aromatic heterocycles. The Bertz CT molecular complexity index is 1190. The largest absolute Gasteiger partial charge is 0.457 e. The zero-order valence-electron chi connectivity index (χ0n) is 24.2. The zero-order chi connectivity index (χ0) is 28.4. The number of hydrogen-bond donors (Lipinski definition) is 3. The summed E-state index contributed by atoms with van der Waals surface area (Å²) in [5.74, 6) is 2.73. The first-order valence-corrected chi connectivity index (χ1v) is 15.6. The summed E-state index contributed by atoms with van der Waals surface area (Å²) in [6.07, 6.45) is 12.8. The van der Waals surface area contributed by atoms with Crippen LogP contribution in [0.4, 0.5) is 5.69 Å². The number of amides is 2. The minimum Gasteiger partial charge on any atom is -0.457 e. The van der Waals surface area contributed by atoms with E-state index in [0.717, 1.165) is 36.4 Å². The van der Waals surface area contributed by atoms with Crippen molar-refractivity contribution in [3.63, 3.8) is 0 Å². The summed E-state index contributed by atoms with van der Waals surface area (Å²) in [4.78, 5) is 33.0. The molecule has 2 saturated carbocycles. The maximum Gasteiger partial charge on any atom is 0.242 e. The van der Waals surface area contributed by atoms with Gasteiger partial charge in [-0.1, -0.05) is 56.7 Å². The number of carbonyl (C=O) groups is 2. The Kier molecular flexibility index (Phi) is 10.2. The highest BCUT2D eigenvalue weighted by Crippen LogP contribution is 2.33. The highest BCUT2D eigenvalue weighted by Gasteiger charge is 2.32. The predicted molar refractivity (Wildman–Crippen MR) is 162 cm³/mol. The number of carbonyl (C=O) groups excluding carboxylic acids is 2. The quantitative estimate of drug-likeness (QED) is 0.323. The fourth-order valence-electron chi connectivity index (χ4n) is 6.40. The number of rotatable bonds is 11. The first-order chi connectivity index (χ1) is 20.0. The molecule has 2 amide bonds. The monoisotopic (exact) mass is 559 g/mol. The van der Waals surface area contributed by atoms with Gasteiger partial charge in [0.25, 0.3) is 0 Å². The highest BCUT2D eigenvalue weighted by molar-refractivity contribution is 5.91. The second-order valence-corrected chi connectivity index (χ2v) is 11.9. The lowest BCUT2D eigenvalue weighted by atomic mass is 9.89. The molecule has 0 spiro atoms. The maximum absolute atomic E-state index is 13.6. The number of benzene rings is 2. The van der Waals surface area contributed by atoms with Gasteiger partial charge in [0.2, 0.25) is 11.8 Å². The van der Waals surface area contributed by atoms with Crippen LogP contribution in [-0.2, 0) is 16.1 Å². The van der Waals surface area contributed by atoms with Crippen LogP contribution in [0.15, 0.2) is 53.5 Å². The Hall–Kier alpha value is -3.55. The lowest BCUT2D eigenvalue weighted by Crippen LogP contribution is -2.53. The van der Waals surface area contributed by atoms with Crippen molar-refractivity contribution < 1.29 is 14.3 Å². The van der Waals surface area contributed by atoms with E-state index >= 15 is 0 Å². The molecule has 2 aromatic rings. The van der Waals surface area contributed by atoms with Gasteiger partial charge in [0.05, 0.1) is 5.69 Å². The number of guanidine groups is 1. The van der Waals surface area contributed by atoms with Gasteiger partial charge in [0.1, 0.15) is 17.5 Å². The van der Waals surface area contributed by atoms with E-state index in [9.17, 15) is 9.59 Å². The number of fused-ring (bicyclic) bond motifs is 1. The number of aliphatic imine (C=N–C) groups is 1. The summed E-state index contributed by atoms with van der Waals surface area (Å²) in [7, 11) is 0. The molecule has 8 nitrogen and oxygen atoms in total. The minimum atomic E-state index is -0.588. The molecule has 0 saturated heterocycles. The number of para-hydroxylation sites is 1. The molecule has 3 aliphatic rings. The number of nitrogens with two attached hydrogens (primary N) is 1. The van der Waals surface area contributed by atoms with Gasteiger partial charge in [-0.3, -0.25) is 9.59 Å². The summed E-state index contributed by atoms with van der Waals surface area (Å²) < 4.78 is 6.05. The molecule has 4 N–H and O–H groups in total. The summed E-state index contributed by atoms with van der Waals surface area (Å²) in [6, 6.07) is 14.8. The number of ether oxygens (including phenoxy) is 1. The van der Waals surface area contributed by atoms with Gasteiger partial charge in [0.15, 0.2) is 5.96 Å². The topological polar surface area (TPSA) is 109 Å².